The van der Waals surface area contributed by atoms with Crippen LogP contribution in [0.3, 0.4) is 0 Å². The van der Waals surface area contributed by atoms with E-state index in [1.807, 2.05) is 0 Å². The van der Waals surface area contributed by atoms with Gasteiger partial charge in [0.1, 0.15) is 11.6 Å². The average molecular weight is 233 g/mol. The molecule has 0 spiro atoms. The quantitative estimate of drug-likeness (QED) is 0.876. The van der Waals surface area contributed by atoms with Gasteiger partial charge in [-0.3, -0.25) is 4.98 Å². The zero-order chi connectivity index (χ0) is 12.1. The summed E-state index contributed by atoms with van der Waals surface area (Å²) in [4.78, 5) is 7.91. The van der Waals surface area contributed by atoms with Gasteiger partial charge in [-0.05, 0) is 6.07 Å². The standard InChI is InChI=1S/C12H12FN3O/c13-11-4-2-1-3-9(11)7-17-8-10-5-16-12(14)6-15-10/h1-6H,7-8H2,(H2,14,16). The molecule has 17 heavy (non-hydrogen) atoms. The van der Waals surface area contributed by atoms with Crippen molar-refractivity contribution >= 4 is 5.82 Å². The SMILES string of the molecule is Nc1cnc(COCc2ccccc2F)cn1. The Bertz CT molecular complexity index is 487. The van der Waals surface area contributed by atoms with Crippen LogP contribution in [0.25, 0.3) is 0 Å². The summed E-state index contributed by atoms with van der Waals surface area (Å²) in [5, 5.41) is 0. The Balaban J connectivity index is 1.88. The highest BCUT2D eigenvalue weighted by molar-refractivity contribution is 5.22. The summed E-state index contributed by atoms with van der Waals surface area (Å²) in [7, 11) is 0. The van der Waals surface area contributed by atoms with E-state index in [0.29, 0.717) is 17.1 Å². The molecule has 0 amide bonds. The lowest BCUT2D eigenvalue weighted by Gasteiger charge is -2.04. The van der Waals surface area contributed by atoms with E-state index in [4.69, 9.17) is 10.5 Å². The van der Waals surface area contributed by atoms with Gasteiger partial charge in [0.15, 0.2) is 0 Å². The van der Waals surface area contributed by atoms with Gasteiger partial charge in [-0.15, -0.1) is 0 Å². The molecule has 0 aliphatic carbocycles. The lowest BCUT2D eigenvalue weighted by molar-refractivity contribution is 0.102. The summed E-state index contributed by atoms with van der Waals surface area (Å²) in [6.07, 6.45) is 3.00. The Kier molecular flexibility index (Phi) is 3.62. The second kappa shape index (κ2) is 5.36. The molecule has 0 aliphatic rings. The molecule has 0 radical (unpaired) electrons. The number of hydrogen-bond donors (Lipinski definition) is 1. The van der Waals surface area contributed by atoms with E-state index in [1.165, 1.54) is 18.5 Å². The Morgan fingerprint density at radius 3 is 2.65 bits per heavy atom. The van der Waals surface area contributed by atoms with Gasteiger partial charge in [0, 0.05) is 5.56 Å². The van der Waals surface area contributed by atoms with Crippen molar-refractivity contribution in [2.24, 2.45) is 0 Å². The van der Waals surface area contributed by atoms with E-state index < -0.39 is 0 Å². The Hall–Kier alpha value is -2.01. The molecule has 1 aromatic heterocycles. The van der Waals surface area contributed by atoms with Crippen LogP contribution in [-0.4, -0.2) is 9.97 Å². The number of nitrogens with zero attached hydrogens (tertiary/aromatic N) is 2. The minimum atomic E-state index is -0.268. The number of halogens is 1. The number of nitrogens with two attached hydrogens (primary N) is 1. The minimum absolute atomic E-state index is 0.207. The highest BCUT2D eigenvalue weighted by atomic mass is 19.1. The number of ether oxygens (including phenoxy) is 1. The van der Waals surface area contributed by atoms with E-state index in [1.54, 1.807) is 18.2 Å². The normalized spacial score (nSPS) is 10.4. The molecule has 0 atom stereocenters. The third-order valence-electron chi connectivity index (χ3n) is 2.19. The van der Waals surface area contributed by atoms with Crippen molar-refractivity contribution in [2.75, 3.05) is 5.73 Å². The van der Waals surface area contributed by atoms with Crippen molar-refractivity contribution in [3.05, 3.63) is 53.7 Å². The fourth-order valence-electron chi connectivity index (χ4n) is 1.32. The van der Waals surface area contributed by atoms with E-state index in [2.05, 4.69) is 9.97 Å². The molecule has 0 bridgehead atoms. The summed E-state index contributed by atoms with van der Waals surface area (Å²) < 4.78 is 18.6. The molecule has 0 aliphatic heterocycles. The topological polar surface area (TPSA) is 61.0 Å². The maximum atomic E-state index is 13.2. The maximum Gasteiger partial charge on any atom is 0.141 e. The van der Waals surface area contributed by atoms with Crippen LogP contribution in [0.5, 0.6) is 0 Å². The van der Waals surface area contributed by atoms with Gasteiger partial charge >= 0.3 is 0 Å². The van der Waals surface area contributed by atoms with Gasteiger partial charge in [-0.1, -0.05) is 18.2 Å². The van der Waals surface area contributed by atoms with Gasteiger partial charge in [-0.25, -0.2) is 9.37 Å². The van der Waals surface area contributed by atoms with Crippen molar-refractivity contribution in [3.8, 4) is 0 Å². The van der Waals surface area contributed by atoms with Crippen LogP contribution in [0.1, 0.15) is 11.3 Å². The molecule has 0 saturated carbocycles. The van der Waals surface area contributed by atoms with Crippen molar-refractivity contribution < 1.29 is 9.13 Å². The largest absolute Gasteiger partial charge is 0.382 e. The third kappa shape index (κ3) is 3.22. The Morgan fingerprint density at radius 1 is 1.12 bits per heavy atom. The molecule has 1 heterocycles. The highest BCUT2D eigenvalue weighted by Gasteiger charge is 2.01. The molecule has 0 unspecified atom stereocenters. The molecule has 2 rings (SSSR count). The summed E-state index contributed by atoms with van der Waals surface area (Å²) in [6, 6.07) is 6.50. The third-order valence-corrected chi connectivity index (χ3v) is 2.19. The number of anilines is 1. The molecule has 1 aromatic carbocycles. The Morgan fingerprint density at radius 2 is 1.94 bits per heavy atom. The van der Waals surface area contributed by atoms with Crippen LogP contribution in [-0.2, 0) is 18.0 Å². The highest BCUT2D eigenvalue weighted by Crippen LogP contribution is 2.08. The first-order valence-corrected chi connectivity index (χ1v) is 5.13. The van der Waals surface area contributed by atoms with Crippen molar-refractivity contribution in [3.63, 3.8) is 0 Å². The molecule has 5 heteroatoms. The number of hydrogen-bond acceptors (Lipinski definition) is 4. The van der Waals surface area contributed by atoms with Gasteiger partial charge in [0.2, 0.25) is 0 Å². The summed E-state index contributed by atoms with van der Waals surface area (Å²) in [6.45, 7) is 0.486. The van der Waals surface area contributed by atoms with Gasteiger partial charge in [-0.2, -0.15) is 0 Å². The molecule has 2 N–H and O–H groups in total. The molecule has 4 nitrogen and oxygen atoms in total. The van der Waals surface area contributed by atoms with Crippen LogP contribution < -0.4 is 5.73 Å². The molecule has 88 valence electrons. The zero-order valence-electron chi connectivity index (χ0n) is 9.14. The first-order valence-electron chi connectivity index (χ1n) is 5.13. The van der Waals surface area contributed by atoms with Crippen LogP contribution in [0.4, 0.5) is 10.2 Å². The summed E-state index contributed by atoms with van der Waals surface area (Å²) in [5.74, 6) is 0.0961. The van der Waals surface area contributed by atoms with Crippen LogP contribution >= 0.6 is 0 Å². The maximum absolute atomic E-state index is 13.2. The van der Waals surface area contributed by atoms with E-state index in [0.717, 1.165) is 0 Å². The molecule has 2 aromatic rings. The fourth-order valence-corrected chi connectivity index (χ4v) is 1.32. The number of benzene rings is 1. The second-order valence-electron chi connectivity index (χ2n) is 3.52. The smallest absolute Gasteiger partial charge is 0.141 e. The second-order valence-corrected chi connectivity index (χ2v) is 3.52. The number of nitrogen functional groups attached to an aromatic ring is 1. The lowest BCUT2D eigenvalue weighted by Crippen LogP contribution is -2.00. The molecular weight excluding hydrogens is 221 g/mol. The van der Waals surface area contributed by atoms with E-state index in [-0.39, 0.29) is 19.0 Å². The van der Waals surface area contributed by atoms with Gasteiger partial charge < -0.3 is 10.5 Å². The van der Waals surface area contributed by atoms with Crippen LogP contribution in [0.2, 0.25) is 0 Å². The molecule has 0 fully saturated rings. The summed E-state index contributed by atoms with van der Waals surface area (Å²) >= 11 is 0. The number of aromatic nitrogens is 2. The van der Waals surface area contributed by atoms with Crippen molar-refractivity contribution in [1.82, 2.24) is 9.97 Å². The van der Waals surface area contributed by atoms with Crippen molar-refractivity contribution in [2.45, 2.75) is 13.2 Å². The number of rotatable bonds is 4. The average Bonchev–Trinajstić information content (AvgIpc) is 2.34. The monoisotopic (exact) mass is 233 g/mol. The predicted molar refractivity (Wildman–Crippen MR) is 61.3 cm³/mol. The van der Waals surface area contributed by atoms with Gasteiger partial charge in [0.25, 0.3) is 0 Å². The Labute approximate surface area is 98.3 Å². The summed E-state index contributed by atoms with van der Waals surface area (Å²) in [5.41, 5.74) is 6.59. The first-order chi connectivity index (χ1) is 8.25. The molecular formula is C12H12FN3O. The van der Waals surface area contributed by atoms with Crippen molar-refractivity contribution in [1.29, 1.82) is 0 Å². The van der Waals surface area contributed by atoms with Gasteiger partial charge in [0.05, 0.1) is 31.3 Å². The predicted octanol–water partition coefficient (Wildman–Crippen LogP) is 1.91. The van der Waals surface area contributed by atoms with Crippen LogP contribution in [0.15, 0.2) is 36.7 Å². The zero-order valence-corrected chi connectivity index (χ0v) is 9.14. The minimum Gasteiger partial charge on any atom is -0.382 e. The first kappa shape index (κ1) is 11.5. The lowest BCUT2D eigenvalue weighted by atomic mass is 10.2. The van der Waals surface area contributed by atoms with Crippen LogP contribution in [0, 0.1) is 5.82 Å². The fraction of sp³-hybridized carbons (Fsp3) is 0.167. The molecule has 0 saturated heterocycles. The van der Waals surface area contributed by atoms with E-state index >= 15 is 0 Å². The van der Waals surface area contributed by atoms with E-state index in [9.17, 15) is 4.39 Å².